The summed E-state index contributed by atoms with van der Waals surface area (Å²) in [5.74, 6) is -1.18. The summed E-state index contributed by atoms with van der Waals surface area (Å²) in [6.45, 7) is 5.88. The minimum absolute atomic E-state index is 0.139. The lowest BCUT2D eigenvalue weighted by Gasteiger charge is -2.24. The van der Waals surface area contributed by atoms with Crippen molar-refractivity contribution in [3.8, 4) is 0 Å². The van der Waals surface area contributed by atoms with Crippen LogP contribution < -0.4 is 4.31 Å². The number of aliphatic hydroxyl groups is 1. The third-order valence-corrected chi connectivity index (χ3v) is 6.96. The molecule has 6 heteroatoms. The summed E-state index contributed by atoms with van der Waals surface area (Å²) in [5.41, 5.74) is 2.61. The van der Waals surface area contributed by atoms with Gasteiger partial charge in [0.1, 0.15) is 5.82 Å². The van der Waals surface area contributed by atoms with Crippen molar-refractivity contribution in [3.05, 3.63) is 108 Å². The molecule has 1 aliphatic rings. The van der Waals surface area contributed by atoms with E-state index in [-0.39, 0.29) is 10.6 Å². The first-order valence-corrected chi connectivity index (χ1v) is 10.6. The van der Waals surface area contributed by atoms with Gasteiger partial charge in [0.05, 0.1) is 22.6 Å². The van der Waals surface area contributed by atoms with Crippen LogP contribution in [-0.4, -0.2) is 13.5 Å². The van der Waals surface area contributed by atoms with Crippen LogP contribution in [0, 0.1) is 12.7 Å². The molecule has 0 spiro atoms. The van der Waals surface area contributed by atoms with E-state index < -0.39 is 27.9 Å². The summed E-state index contributed by atoms with van der Waals surface area (Å²) in [5, 5.41) is 11.0. The summed E-state index contributed by atoms with van der Waals surface area (Å²) in [4.78, 5) is 0.139. The van der Waals surface area contributed by atoms with E-state index in [4.69, 9.17) is 0 Å². The van der Waals surface area contributed by atoms with Gasteiger partial charge < -0.3 is 5.11 Å². The maximum atomic E-state index is 13.7. The molecule has 1 heterocycles. The summed E-state index contributed by atoms with van der Waals surface area (Å²) < 4.78 is 41.7. The van der Waals surface area contributed by atoms with E-state index in [1.165, 1.54) is 22.5 Å². The lowest BCUT2D eigenvalue weighted by Crippen LogP contribution is -2.28. The second kappa shape index (κ2) is 7.13. The molecular formula is C23H20FNO3S. The summed E-state index contributed by atoms with van der Waals surface area (Å²) in [6, 6.07) is 19.2. The molecule has 0 amide bonds. The average Bonchev–Trinajstić information content (AvgIpc) is 3.00. The van der Waals surface area contributed by atoms with Crippen LogP contribution in [0.25, 0.3) is 0 Å². The molecule has 1 N–H and O–H groups in total. The van der Waals surface area contributed by atoms with Gasteiger partial charge in [-0.15, -0.1) is 0 Å². The second-order valence-corrected chi connectivity index (χ2v) is 8.90. The molecule has 1 aliphatic heterocycles. The summed E-state index contributed by atoms with van der Waals surface area (Å²) in [7, 11) is -3.93. The monoisotopic (exact) mass is 409 g/mol. The fourth-order valence-electron chi connectivity index (χ4n) is 3.73. The topological polar surface area (TPSA) is 57.6 Å². The van der Waals surface area contributed by atoms with E-state index in [2.05, 4.69) is 6.58 Å². The van der Waals surface area contributed by atoms with Gasteiger partial charge in [-0.2, -0.15) is 0 Å². The third-order valence-electron chi connectivity index (χ3n) is 5.18. The Bertz CT molecular complexity index is 1190. The first-order chi connectivity index (χ1) is 13.8. The largest absolute Gasteiger partial charge is 0.387 e. The molecule has 0 bridgehead atoms. The molecule has 0 aromatic heterocycles. The van der Waals surface area contributed by atoms with Gasteiger partial charge in [0, 0.05) is 5.70 Å². The number of nitrogens with zero attached hydrogens (tertiary/aromatic N) is 1. The minimum atomic E-state index is -3.93. The quantitative estimate of drug-likeness (QED) is 0.681. The molecule has 0 aliphatic carbocycles. The average molecular weight is 409 g/mol. The Balaban J connectivity index is 1.82. The van der Waals surface area contributed by atoms with Gasteiger partial charge in [-0.1, -0.05) is 54.6 Å². The highest BCUT2D eigenvalue weighted by Crippen LogP contribution is 2.50. The standard InChI is InChI=1S/C23H20FNO3S/c1-15-10-12-19(13-11-15)29(27,28)25-16(2)22(20-8-3-4-9-21(20)25)23(26)17-6-5-7-18(24)14-17/h3-14,22-23,26H,2H2,1H3/t22-,23-/m1/s1. The van der Waals surface area contributed by atoms with Crippen molar-refractivity contribution in [2.45, 2.75) is 23.8 Å². The molecule has 0 fully saturated rings. The van der Waals surface area contributed by atoms with Crippen LogP contribution in [0.4, 0.5) is 10.1 Å². The Labute approximate surface area is 169 Å². The number of rotatable bonds is 4. The molecule has 3 aromatic carbocycles. The number of benzene rings is 3. The van der Waals surface area contributed by atoms with Crippen molar-refractivity contribution in [3.63, 3.8) is 0 Å². The van der Waals surface area contributed by atoms with E-state index in [1.807, 2.05) is 6.92 Å². The Morgan fingerprint density at radius 2 is 1.72 bits per heavy atom. The molecule has 148 valence electrons. The number of hydrogen-bond donors (Lipinski definition) is 1. The molecule has 0 saturated carbocycles. The Morgan fingerprint density at radius 1 is 1.03 bits per heavy atom. The third kappa shape index (κ3) is 3.24. The van der Waals surface area contributed by atoms with Crippen LogP contribution >= 0.6 is 0 Å². The molecule has 0 radical (unpaired) electrons. The molecular weight excluding hydrogens is 389 g/mol. The normalized spacial score (nSPS) is 17.3. The van der Waals surface area contributed by atoms with Crippen molar-refractivity contribution >= 4 is 15.7 Å². The second-order valence-electron chi connectivity index (χ2n) is 7.11. The predicted molar refractivity (Wildman–Crippen MR) is 111 cm³/mol. The fourth-order valence-corrected chi connectivity index (χ4v) is 5.27. The molecule has 0 saturated heterocycles. The molecule has 2 atom stereocenters. The molecule has 4 nitrogen and oxygen atoms in total. The smallest absolute Gasteiger partial charge is 0.268 e. The molecule has 0 unspecified atom stereocenters. The number of anilines is 1. The van der Waals surface area contributed by atoms with Crippen molar-refractivity contribution in [2.75, 3.05) is 4.31 Å². The Morgan fingerprint density at radius 3 is 2.41 bits per heavy atom. The van der Waals surface area contributed by atoms with Crippen LogP contribution in [0.2, 0.25) is 0 Å². The fraction of sp³-hybridized carbons (Fsp3) is 0.130. The van der Waals surface area contributed by atoms with E-state index in [1.54, 1.807) is 54.6 Å². The maximum Gasteiger partial charge on any atom is 0.268 e. The number of halogens is 1. The van der Waals surface area contributed by atoms with Crippen LogP contribution in [-0.2, 0) is 10.0 Å². The maximum absolute atomic E-state index is 13.7. The number of aryl methyl sites for hydroxylation is 1. The first-order valence-electron chi connectivity index (χ1n) is 9.14. The number of fused-ring (bicyclic) bond motifs is 1. The van der Waals surface area contributed by atoms with Gasteiger partial charge in [0.2, 0.25) is 0 Å². The summed E-state index contributed by atoms with van der Waals surface area (Å²) >= 11 is 0. The van der Waals surface area contributed by atoms with Crippen LogP contribution in [0.5, 0.6) is 0 Å². The van der Waals surface area contributed by atoms with Gasteiger partial charge in [-0.25, -0.2) is 17.1 Å². The van der Waals surface area contributed by atoms with Crippen LogP contribution in [0.1, 0.15) is 28.7 Å². The van der Waals surface area contributed by atoms with E-state index in [9.17, 15) is 17.9 Å². The molecule has 3 aromatic rings. The van der Waals surface area contributed by atoms with Crippen molar-refractivity contribution in [1.82, 2.24) is 0 Å². The predicted octanol–water partition coefficient (Wildman–Crippen LogP) is 4.67. The van der Waals surface area contributed by atoms with Gasteiger partial charge in [0.15, 0.2) is 0 Å². The molecule has 29 heavy (non-hydrogen) atoms. The van der Waals surface area contributed by atoms with Crippen molar-refractivity contribution in [2.24, 2.45) is 0 Å². The zero-order valence-electron chi connectivity index (χ0n) is 15.8. The zero-order chi connectivity index (χ0) is 20.8. The Kier molecular flexibility index (Phi) is 4.76. The minimum Gasteiger partial charge on any atom is -0.387 e. The highest BCUT2D eigenvalue weighted by molar-refractivity contribution is 7.93. The van der Waals surface area contributed by atoms with Gasteiger partial charge in [-0.3, -0.25) is 0 Å². The summed E-state index contributed by atoms with van der Waals surface area (Å²) in [6.07, 6.45) is -1.14. The molecule has 4 rings (SSSR count). The zero-order valence-corrected chi connectivity index (χ0v) is 16.6. The van der Waals surface area contributed by atoms with Gasteiger partial charge in [-0.05, 0) is 48.4 Å². The van der Waals surface area contributed by atoms with Crippen LogP contribution in [0.15, 0.2) is 90.0 Å². The number of aliphatic hydroxyl groups excluding tert-OH is 1. The van der Waals surface area contributed by atoms with E-state index in [0.29, 0.717) is 16.8 Å². The van der Waals surface area contributed by atoms with E-state index >= 15 is 0 Å². The van der Waals surface area contributed by atoms with Crippen molar-refractivity contribution in [1.29, 1.82) is 0 Å². The SMILES string of the molecule is C=C1[C@@H]([C@H](O)c2cccc(F)c2)c2ccccc2N1S(=O)(=O)c1ccc(C)cc1. The van der Waals surface area contributed by atoms with Crippen molar-refractivity contribution < 1.29 is 17.9 Å². The van der Waals surface area contributed by atoms with Gasteiger partial charge in [0.25, 0.3) is 10.0 Å². The Hall–Kier alpha value is -2.96. The lowest BCUT2D eigenvalue weighted by molar-refractivity contribution is 0.159. The number of hydrogen-bond acceptors (Lipinski definition) is 3. The highest BCUT2D eigenvalue weighted by atomic mass is 32.2. The number of para-hydroxylation sites is 1. The first kappa shape index (κ1) is 19.4. The van der Waals surface area contributed by atoms with Gasteiger partial charge >= 0.3 is 0 Å². The lowest BCUT2D eigenvalue weighted by atomic mass is 9.89. The van der Waals surface area contributed by atoms with Crippen LogP contribution in [0.3, 0.4) is 0 Å². The highest BCUT2D eigenvalue weighted by Gasteiger charge is 2.43. The number of sulfonamides is 1. The van der Waals surface area contributed by atoms with E-state index in [0.717, 1.165) is 5.56 Å².